The fourth-order valence-corrected chi connectivity index (χ4v) is 4.67. The van der Waals surface area contributed by atoms with E-state index in [1.165, 1.54) is 0 Å². The van der Waals surface area contributed by atoms with E-state index < -0.39 is 15.9 Å². The summed E-state index contributed by atoms with van der Waals surface area (Å²) in [6.07, 6.45) is 0. The first kappa shape index (κ1) is 22.3. The Morgan fingerprint density at radius 2 is 1.53 bits per heavy atom. The van der Waals surface area contributed by atoms with Crippen molar-refractivity contribution < 1.29 is 18.0 Å². The van der Waals surface area contributed by atoms with Crippen molar-refractivity contribution >= 4 is 33.3 Å². The monoisotopic (exact) mass is 449 g/mol. The fourth-order valence-electron chi connectivity index (χ4n) is 3.31. The Balaban J connectivity index is 1.57. The predicted octanol–water partition coefficient (Wildman–Crippen LogP) is 1.66. The molecule has 1 aliphatic heterocycles. The van der Waals surface area contributed by atoms with Crippen LogP contribution in [0.25, 0.3) is 0 Å². The summed E-state index contributed by atoms with van der Waals surface area (Å²) < 4.78 is 23.5. The van der Waals surface area contributed by atoms with Crippen molar-refractivity contribution in [2.24, 2.45) is 0 Å². The standard InChI is InChI=1S/C21H24ClN3O4S/c22-18-8-6-17(7-9-18)20(26)23-10-11-24-21(27)19(16-4-2-1-3-5-16)25-12-14-30(28,29)15-13-25/h1-9,19H,10-15H2,(H,23,26)(H,24,27). The molecule has 0 bridgehead atoms. The Kier molecular flexibility index (Phi) is 7.47. The van der Waals surface area contributed by atoms with Crippen LogP contribution in [0, 0.1) is 0 Å². The molecule has 1 unspecified atom stereocenters. The minimum atomic E-state index is -3.05. The van der Waals surface area contributed by atoms with Crippen LogP contribution in [0.2, 0.25) is 5.02 Å². The molecule has 0 radical (unpaired) electrons. The van der Waals surface area contributed by atoms with Crippen molar-refractivity contribution in [2.75, 3.05) is 37.7 Å². The molecule has 3 rings (SSSR count). The number of carbonyl (C=O) groups is 2. The maximum absolute atomic E-state index is 12.9. The van der Waals surface area contributed by atoms with Crippen molar-refractivity contribution in [3.63, 3.8) is 0 Å². The van der Waals surface area contributed by atoms with Gasteiger partial charge in [-0.1, -0.05) is 41.9 Å². The summed E-state index contributed by atoms with van der Waals surface area (Å²) in [6.45, 7) is 1.14. The molecule has 1 aliphatic rings. The van der Waals surface area contributed by atoms with Gasteiger partial charge in [0, 0.05) is 36.8 Å². The second kappa shape index (κ2) is 10.1. The van der Waals surface area contributed by atoms with E-state index in [1.807, 2.05) is 35.2 Å². The Bertz CT molecular complexity index is 967. The Morgan fingerprint density at radius 1 is 0.933 bits per heavy atom. The number of nitrogens with zero attached hydrogens (tertiary/aromatic N) is 1. The van der Waals surface area contributed by atoms with Gasteiger partial charge in [0.15, 0.2) is 9.84 Å². The van der Waals surface area contributed by atoms with Crippen molar-refractivity contribution in [3.05, 3.63) is 70.7 Å². The van der Waals surface area contributed by atoms with Crippen LogP contribution in [0.5, 0.6) is 0 Å². The zero-order valence-corrected chi connectivity index (χ0v) is 18.0. The van der Waals surface area contributed by atoms with Gasteiger partial charge in [-0.05, 0) is 29.8 Å². The highest BCUT2D eigenvalue weighted by Gasteiger charge is 2.32. The predicted molar refractivity (Wildman–Crippen MR) is 116 cm³/mol. The second-order valence-electron chi connectivity index (χ2n) is 7.05. The van der Waals surface area contributed by atoms with Crippen molar-refractivity contribution in [1.29, 1.82) is 0 Å². The number of carbonyl (C=O) groups excluding carboxylic acids is 2. The largest absolute Gasteiger partial charge is 0.353 e. The minimum Gasteiger partial charge on any atom is -0.353 e. The van der Waals surface area contributed by atoms with Gasteiger partial charge in [0.2, 0.25) is 5.91 Å². The molecule has 0 saturated carbocycles. The van der Waals surface area contributed by atoms with Crippen LogP contribution >= 0.6 is 11.6 Å². The van der Waals surface area contributed by atoms with Gasteiger partial charge in [-0.3, -0.25) is 14.5 Å². The third-order valence-corrected chi connectivity index (χ3v) is 6.79. The Labute approximate surface area is 181 Å². The lowest BCUT2D eigenvalue weighted by Gasteiger charge is -2.33. The summed E-state index contributed by atoms with van der Waals surface area (Å²) in [5, 5.41) is 6.15. The molecule has 2 aromatic carbocycles. The van der Waals surface area contributed by atoms with Gasteiger partial charge in [0.25, 0.3) is 5.91 Å². The summed E-state index contributed by atoms with van der Waals surface area (Å²) in [7, 11) is -3.05. The topological polar surface area (TPSA) is 95.6 Å². The van der Waals surface area contributed by atoms with Crippen LogP contribution in [0.15, 0.2) is 54.6 Å². The van der Waals surface area contributed by atoms with Crippen LogP contribution in [-0.4, -0.2) is 62.8 Å². The molecule has 2 aromatic rings. The molecule has 1 saturated heterocycles. The highest BCUT2D eigenvalue weighted by atomic mass is 35.5. The third kappa shape index (κ3) is 6.04. The first-order chi connectivity index (χ1) is 14.4. The van der Waals surface area contributed by atoms with Crippen LogP contribution < -0.4 is 10.6 Å². The second-order valence-corrected chi connectivity index (χ2v) is 9.79. The lowest BCUT2D eigenvalue weighted by atomic mass is 10.0. The molecule has 160 valence electrons. The number of sulfone groups is 1. The van der Waals surface area contributed by atoms with E-state index in [2.05, 4.69) is 10.6 Å². The summed E-state index contributed by atoms with van der Waals surface area (Å²) in [6, 6.07) is 15.2. The molecule has 1 heterocycles. The first-order valence-electron chi connectivity index (χ1n) is 9.67. The van der Waals surface area contributed by atoms with Gasteiger partial charge in [-0.25, -0.2) is 8.42 Å². The molecule has 1 fully saturated rings. The van der Waals surface area contributed by atoms with Crippen molar-refractivity contribution in [3.8, 4) is 0 Å². The Hall–Kier alpha value is -2.42. The van der Waals surface area contributed by atoms with Crippen molar-refractivity contribution in [2.45, 2.75) is 6.04 Å². The first-order valence-corrected chi connectivity index (χ1v) is 11.9. The average Bonchev–Trinajstić information content (AvgIpc) is 2.74. The van der Waals surface area contributed by atoms with Gasteiger partial charge < -0.3 is 10.6 Å². The van der Waals surface area contributed by atoms with E-state index in [0.717, 1.165) is 5.56 Å². The number of amides is 2. The molecule has 2 N–H and O–H groups in total. The number of hydrogen-bond donors (Lipinski definition) is 2. The molecule has 0 spiro atoms. The molecule has 9 heteroatoms. The molecule has 7 nitrogen and oxygen atoms in total. The van der Waals surface area contributed by atoms with E-state index in [1.54, 1.807) is 24.3 Å². The molecule has 1 atom stereocenters. The molecule has 30 heavy (non-hydrogen) atoms. The Morgan fingerprint density at radius 3 is 2.17 bits per heavy atom. The summed E-state index contributed by atoms with van der Waals surface area (Å²) in [4.78, 5) is 26.9. The molecule has 0 aromatic heterocycles. The van der Waals surface area contributed by atoms with Gasteiger partial charge in [0.05, 0.1) is 11.5 Å². The van der Waals surface area contributed by atoms with Crippen LogP contribution in [-0.2, 0) is 14.6 Å². The lowest BCUT2D eigenvalue weighted by molar-refractivity contribution is -0.126. The number of hydrogen-bond acceptors (Lipinski definition) is 5. The third-order valence-electron chi connectivity index (χ3n) is 4.92. The highest BCUT2D eigenvalue weighted by molar-refractivity contribution is 7.91. The van der Waals surface area contributed by atoms with Crippen LogP contribution in [0.4, 0.5) is 0 Å². The number of benzene rings is 2. The summed E-state index contributed by atoms with van der Waals surface area (Å²) in [5.74, 6) is -0.385. The fraction of sp³-hybridized carbons (Fsp3) is 0.333. The maximum atomic E-state index is 12.9. The van der Waals surface area contributed by atoms with Gasteiger partial charge in [-0.2, -0.15) is 0 Å². The number of nitrogens with one attached hydrogen (secondary N) is 2. The molecule has 2 amide bonds. The smallest absolute Gasteiger partial charge is 0.251 e. The number of rotatable bonds is 7. The van der Waals surface area contributed by atoms with Gasteiger partial charge in [0.1, 0.15) is 6.04 Å². The SMILES string of the molecule is O=C(NCCNC(=O)C(c1ccccc1)N1CCS(=O)(=O)CC1)c1ccc(Cl)cc1. The van der Waals surface area contributed by atoms with Crippen molar-refractivity contribution in [1.82, 2.24) is 15.5 Å². The van der Waals surface area contributed by atoms with E-state index in [0.29, 0.717) is 23.7 Å². The quantitative estimate of drug-likeness (QED) is 0.627. The summed E-state index contributed by atoms with van der Waals surface area (Å²) in [5.41, 5.74) is 1.29. The van der Waals surface area contributed by atoms with E-state index in [-0.39, 0.29) is 36.4 Å². The molecular formula is C21H24ClN3O4S. The summed E-state index contributed by atoms with van der Waals surface area (Å²) >= 11 is 5.82. The minimum absolute atomic E-state index is 0.0424. The van der Waals surface area contributed by atoms with Crippen LogP contribution in [0.1, 0.15) is 22.0 Å². The average molecular weight is 450 g/mol. The highest BCUT2D eigenvalue weighted by Crippen LogP contribution is 2.23. The van der Waals surface area contributed by atoms with E-state index >= 15 is 0 Å². The molecule has 0 aliphatic carbocycles. The number of halogens is 1. The van der Waals surface area contributed by atoms with E-state index in [9.17, 15) is 18.0 Å². The van der Waals surface area contributed by atoms with E-state index in [4.69, 9.17) is 11.6 Å². The maximum Gasteiger partial charge on any atom is 0.251 e. The van der Waals surface area contributed by atoms with Crippen LogP contribution in [0.3, 0.4) is 0 Å². The molecular weight excluding hydrogens is 426 g/mol. The van der Waals surface area contributed by atoms with Gasteiger partial charge >= 0.3 is 0 Å². The van der Waals surface area contributed by atoms with Gasteiger partial charge in [-0.15, -0.1) is 0 Å². The normalized spacial score (nSPS) is 17.1. The lowest BCUT2D eigenvalue weighted by Crippen LogP contribution is -2.48. The zero-order chi connectivity index (χ0) is 21.6. The zero-order valence-electron chi connectivity index (χ0n) is 16.4.